The van der Waals surface area contributed by atoms with Crippen molar-refractivity contribution in [2.45, 2.75) is 49.3 Å². The molecule has 0 heterocycles. The Bertz CT molecular complexity index is 199. The van der Waals surface area contributed by atoms with Gasteiger partial charge in [-0.3, -0.25) is 0 Å². The highest BCUT2D eigenvalue weighted by atomic mass is 33.7. The van der Waals surface area contributed by atoms with Crippen LogP contribution in [0.2, 0.25) is 0 Å². The van der Waals surface area contributed by atoms with E-state index in [2.05, 4.69) is 52.5 Å². The molecule has 2 unspecified atom stereocenters. The maximum atomic E-state index is 6.14. The average Bonchev–Trinajstić information content (AvgIpc) is 2.19. The summed E-state index contributed by atoms with van der Waals surface area (Å²) in [6.07, 6.45) is 2.12. The first-order chi connectivity index (χ1) is 8.12. The van der Waals surface area contributed by atoms with E-state index in [0.717, 1.165) is 0 Å². The summed E-state index contributed by atoms with van der Waals surface area (Å²) in [5, 5.41) is 0. The molecule has 0 aromatic carbocycles. The molecule has 0 aliphatic rings. The van der Waals surface area contributed by atoms with Gasteiger partial charge in [0, 0.05) is 5.54 Å². The van der Waals surface area contributed by atoms with Gasteiger partial charge < -0.3 is 5.73 Å². The van der Waals surface area contributed by atoms with Crippen LogP contribution < -0.4 is 5.73 Å². The van der Waals surface area contributed by atoms with Crippen LogP contribution in [0.3, 0.4) is 0 Å². The van der Waals surface area contributed by atoms with E-state index < -0.39 is 0 Å². The Hall–Kier alpha value is 2.41. The monoisotopic (exact) mass is 381 g/mol. The number of hydrogen-bond acceptors (Lipinski definition) is 8. The second-order valence-electron chi connectivity index (χ2n) is 5.52. The minimum atomic E-state index is -0.149. The van der Waals surface area contributed by atoms with Gasteiger partial charge in [0.25, 0.3) is 0 Å². The molecule has 0 radical (unpaired) electrons. The fourth-order valence-corrected chi connectivity index (χ4v) is 13.5. The minimum absolute atomic E-state index is 0.149. The lowest BCUT2D eigenvalue weighted by Gasteiger charge is -2.29. The molecule has 2 atom stereocenters. The van der Waals surface area contributed by atoms with Crippen LogP contribution in [0.4, 0.5) is 0 Å². The predicted octanol–water partition coefficient (Wildman–Crippen LogP) is 6.04. The molecule has 0 amide bonds. The molecule has 110 valence electrons. The molecule has 0 rings (SSSR count). The van der Waals surface area contributed by atoms with E-state index in [-0.39, 0.29) is 11.0 Å². The van der Waals surface area contributed by atoms with E-state index in [1.165, 1.54) is 0 Å². The summed E-state index contributed by atoms with van der Waals surface area (Å²) in [6.45, 7) is 10.9. The molecular formula is C10H23NS7. The zero-order valence-electron chi connectivity index (χ0n) is 11.6. The molecule has 0 saturated carbocycles. The van der Waals surface area contributed by atoms with Gasteiger partial charge in [0.05, 0.1) is 9.16 Å². The van der Waals surface area contributed by atoms with Crippen LogP contribution in [-0.2, 0) is 0 Å². The van der Waals surface area contributed by atoms with Crippen molar-refractivity contribution in [3.63, 3.8) is 0 Å². The molecule has 0 fully saturated rings. The van der Waals surface area contributed by atoms with Crippen LogP contribution >= 0.6 is 75.5 Å². The molecule has 0 aliphatic carbocycles. The maximum Gasteiger partial charge on any atom is 0.0785 e. The van der Waals surface area contributed by atoms with Crippen LogP contribution in [0.1, 0.15) is 34.6 Å². The second kappa shape index (κ2) is 9.43. The van der Waals surface area contributed by atoms with E-state index >= 15 is 0 Å². The Labute approximate surface area is 141 Å². The Kier molecular flexibility index (Phi) is 10.7. The van der Waals surface area contributed by atoms with E-state index in [1.54, 1.807) is 10.8 Å². The molecule has 8 heteroatoms. The molecule has 0 aromatic heterocycles. The predicted molar refractivity (Wildman–Crippen MR) is 106 cm³/mol. The molecular weight excluding hydrogens is 359 g/mol. The molecule has 2 N–H and O–H groups in total. The first-order valence-corrected chi connectivity index (χ1v) is 13.6. The summed E-state index contributed by atoms with van der Waals surface area (Å²) in [6, 6.07) is 0. The standard InChI is InChI=1S/C10H23NS7/c1-9(2,3)7(14-12)15-17-18-16-8(13-6)10(4,5)11/h7-8,12H,11H2,1-6H3. The van der Waals surface area contributed by atoms with Crippen LogP contribution in [0.25, 0.3) is 0 Å². The molecule has 0 bridgehead atoms. The SMILES string of the molecule is CSC(SSSSC(SS)C(C)(C)C)C(C)(C)N. The third-order valence-electron chi connectivity index (χ3n) is 1.91. The lowest BCUT2D eigenvalue weighted by atomic mass is 10.0. The van der Waals surface area contributed by atoms with Gasteiger partial charge in [-0.2, -0.15) is 0 Å². The summed E-state index contributed by atoms with van der Waals surface area (Å²) in [5.41, 5.74) is 6.26. The molecule has 0 saturated heterocycles. The van der Waals surface area contributed by atoms with Crippen molar-refractivity contribution in [2.24, 2.45) is 11.1 Å². The normalized spacial score (nSPS) is 16.7. The van der Waals surface area contributed by atoms with Gasteiger partial charge in [0.15, 0.2) is 0 Å². The zero-order valence-corrected chi connectivity index (χ0v) is 17.4. The first kappa shape index (κ1) is 20.4. The third kappa shape index (κ3) is 8.64. The summed E-state index contributed by atoms with van der Waals surface area (Å²) >= 11 is 6.18. The van der Waals surface area contributed by atoms with Crippen molar-refractivity contribution in [3.05, 3.63) is 0 Å². The number of rotatable bonds is 8. The second-order valence-corrected chi connectivity index (χ2v) is 14.4. The highest BCUT2D eigenvalue weighted by Gasteiger charge is 2.27. The number of nitrogens with two attached hydrogens (primary N) is 1. The molecule has 0 aliphatic heterocycles. The fraction of sp³-hybridized carbons (Fsp3) is 1.00. The van der Waals surface area contributed by atoms with Gasteiger partial charge in [-0.05, 0) is 45.2 Å². The quantitative estimate of drug-likeness (QED) is 0.229. The van der Waals surface area contributed by atoms with Gasteiger partial charge in [0.2, 0.25) is 0 Å². The summed E-state index contributed by atoms with van der Waals surface area (Å²) in [7, 11) is 9.02. The van der Waals surface area contributed by atoms with Crippen molar-refractivity contribution in [3.8, 4) is 0 Å². The van der Waals surface area contributed by atoms with Crippen molar-refractivity contribution >= 4 is 75.5 Å². The zero-order chi connectivity index (χ0) is 14.4. The smallest absolute Gasteiger partial charge is 0.0785 e. The van der Waals surface area contributed by atoms with Crippen molar-refractivity contribution < 1.29 is 0 Å². The van der Waals surface area contributed by atoms with E-state index in [9.17, 15) is 0 Å². The lowest BCUT2D eigenvalue weighted by molar-refractivity contribution is 0.462. The van der Waals surface area contributed by atoms with Gasteiger partial charge in [-0.1, -0.05) is 53.2 Å². The van der Waals surface area contributed by atoms with Gasteiger partial charge in [-0.15, -0.1) is 23.4 Å². The molecule has 0 aromatic rings. The largest absolute Gasteiger partial charge is 0.324 e. The van der Waals surface area contributed by atoms with Crippen molar-refractivity contribution in [1.29, 1.82) is 0 Å². The summed E-state index contributed by atoms with van der Waals surface area (Å²) < 4.78 is 0.893. The first-order valence-electron chi connectivity index (χ1n) is 5.40. The average molecular weight is 382 g/mol. The van der Waals surface area contributed by atoms with Crippen LogP contribution in [-0.4, -0.2) is 21.0 Å². The summed E-state index contributed by atoms with van der Waals surface area (Å²) in [4.78, 5) is 0. The topological polar surface area (TPSA) is 26.0 Å². The Morgan fingerprint density at radius 2 is 1.39 bits per heavy atom. The number of thioether (sulfide) groups is 1. The van der Waals surface area contributed by atoms with Gasteiger partial charge in [0.1, 0.15) is 0 Å². The Balaban J connectivity index is 3.98. The Morgan fingerprint density at radius 1 is 0.944 bits per heavy atom. The van der Waals surface area contributed by atoms with Crippen molar-refractivity contribution in [2.75, 3.05) is 6.26 Å². The van der Waals surface area contributed by atoms with Crippen molar-refractivity contribution in [1.82, 2.24) is 0 Å². The molecule has 18 heavy (non-hydrogen) atoms. The minimum Gasteiger partial charge on any atom is -0.324 e. The third-order valence-corrected chi connectivity index (χ3v) is 14.2. The highest BCUT2D eigenvalue weighted by molar-refractivity contribution is 9.26. The van der Waals surface area contributed by atoms with Gasteiger partial charge in [-0.25, -0.2) is 0 Å². The fourth-order valence-electron chi connectivity index (χ4n) is 0.890. The van der Waals surface area contributed by atoms with Crippen LogP contribution in [0.15, 0.2) is 0 Å². The summed E-state index contributed by atoms with van der Waals surface area (Å²) in [5.74, 6) is 0. The van der Waals surface area contributed by atoms with E-state index in [1.807, 2.05) is 53.0 Å². The number of thiol groups is 1. The van der Waals surface area contributed by atoms with Gasteiger partial charge >= 0.3 is 0 Å². The van der Waals surface area contributed by atoms with E-state index in [4.69, 9.17) is 5.73 Å². The van der Waals surface area contributed by atoms with Crippen LogP contribution in [0, 0.1) is 5.41 Å². The van der Waals surface area contributed by atoms with E-state index in [0.29, 0.717) is 9.16 Å². The van der Waals surface area contributed by atoms with Crippen LogP contribution in [0.5, 0.6) is 0 Å². The number of hydrogen-bond donors (Lipinski definition) is 2. The highest BCUT2D eigenvalue weighted by Crippen LogP contribution is 2.54. The molecule has 0 spiro atoms. The maximum absolute atomic E-state index is 6.14. The Morgan fingerprint density at radius 3 is 1.67 bits per heavy atom. The lowest BCUT2D eigenvalue weighted by Crippen LogP contribution is -2.40. The molecule has 1 nitrogen and oxygen atoms in total.